The summed E-state index contributed by atoms with van der Waals surface area (Å²) in [7, 11) is 0. The molecule has 60 valence electrons. The third-order valence-corrected chi connectivity index (χ3v) is 1.98. The number of hydrogen-bond donors (Lipinski definition) is 2. The van der Waals surface area contributed by atoms with Gasteiger partial charge in [-0.15, -0.1) is 0 Å². The number of hydrogen-bond acceptors (Lipinski definition) is 2. The van der Waals surface area contributed by atoms with Crippen LogP contribution in [0.15, 0.2) is 12.4 Å². The minimum absolute atomic E-state index is 0.878. The molecule has 0 radical (unpaired) electrons. The van der Waals surface area contributed by atoms with Gasteiger partial charge in [0, 0.05) is 12.4 Å². The van der Waals surface area contributed by atoms with Crippen LogP contribution in [0, 0.1) is 5.92 Å². The van der Waals surface area contributed by atoms with Gasteiger partial charge in [-0.1, -0.05) is 0 Å². The van der Waals surface area contributed by atoms with Crippen LogP contribution in [0.2, 0.25) is 0 Å². The summed E-state index contributed by atoms with van der Waals surface area (Å²) in [5, 5.41) is 3.36. The Hall–Kier alpha value is -0.830. The lowest BCUT2D eigenvalue weighted by Crippen LogP contribution is -2.16. The van der Waals surface area contributed by atoms with Crippen molar-refractivity contribution in [2.45, 2.75) is 19.4 Å². The molecule has 0 amide bonds. The van der Waals surface area contributed by atoms with Crippen molar-refractivity contribution in [3.63, 3.8) is 0 Å². The predicted octanol–water partition coefficient (Wildman–Crippen LogP) is 0.909. The van der Waals surface area contributed by atoms with Gasteiger partial charge in [-0.3, -0.25) is 0 Å². The van der Waals surface area contributed by atoms with Crippen LogP contribution in [0.25, 0.3) is 0 Å². The Morgan fingerprint density at radius 3 is 3.18 bits per heavy atom. The first-order valence-electron chi connectivity index (χ1n) is 4.14. The number of aromatic nitrogens is 2. The van der Waals surface area contributed by atoms with Crippen LogP contribution in [0.4, 0.5) is 0 Å². The van der Waals surface area contributed by atoms with Gasteiger partial charge in [0.25, 0.3) is 0 Å². The monoisotopic (exact) mass is 151 g/mol. The average molecular weight is 151 g/mol. The first kappa shape index (κ1) is 6.85. The summed E-state index contributed by atoms with van der Waals surface area (Å²) >= 11 is 0. The van der Waals surface area contributed by atoms with E-state index in [0.29, 0.717) is 0 Å². The summed E-state index contributed by atoms with van der Waals surface area (Å²) < 4.78 is 0. The molecule has 11 heavy (non-hydrogen) atoms. The van der Waals surface area contributed by atoms with E-state index in [0.717, 1.165) is 24.8 Å². The molecule has 1 aliphatic rings. The number of rotatable bonds is 4. The Kier molecular flexibility index (Phi) is 1.90. The minimum Gasteiger partial charge on any atom is -0.348 e. The molecule has 0 bridgehead atoms. The molecule has 1 aliphatic carbocycles. The Morgan fingerprint density at radius 2 is 2.55 bits per heavy atom. The molecule has 2 rings (SSSR count). The molecule has 3 heteroatoms. The molecule has 1 aromatic rings. The fraction of sp³-hybridized carbons (Fsp3) is 0.625. The zero-order chi connectivity index (χ0) is 7.52. The second kappa shape index (κ2) is 3.05. The van der Waals surface area contributed by atoms with Crippen LogP contribution >= 0.6 is 0 Å². The van der Waals surface area contributed by atoms with Crippen LogP contribution in [-0.4, -0.2) is 16.5 Å². The summed E-state index contributed by atoms with van der Waals surface area (Å²) in [6, 6.07) is 0. The topological polar surface area (TPSA) is 40.7 Å². The first-order valence-corrected chi connectivity index (χ1v) is 4.14. The summed E-state index contributed by atoms with van der Waals surface area (Å²) in [6.07, 6.45) is 6.46. The van der Waals surface area contributed by atoms with Gasteiger partial charge < -0.3 is 10.3 Å². The first-order chi connectivity index (χ1) is 5.45. The molecule has 3 nitrogen and oxygen atoms in total. The SMILES string of the molecule is c1c[nH]c(CNCC2CC2)n1. The normalized spacial score (nSPS) is 17.1. The number of nitrogens with one attached hydrogen (secondary N) is 2. The third-order valence-electron chi connectivity index (χ3n) is 1.98. The maximum atomic E-state index is 4.12. The molecular weight excluding hydrogens is 138 g/mol. The van der Waals surface area contributed by atoms with E-state index in [2.05, 4.69) is 15.3 Å². The highest BCUT2D eigenvalue weighted by molar-refractivity contribution is 4.86. The standard InChI is InChI=1S/C8H13N3/c1-2-7(1)5-9-6-8-10-3-4-11-8/h3-4,7,9H,1-2,5-6H2,(H,10,11). The quantitative estimate of drug-likeness (QED) is 0.671. The largest absolute Gasteiger partial charge is 0.348 e. The predicted molar refractivity (Wildman–Crippen MR) is 43.0 cm³/mol. The summed E-state index contributed by atoms with van der Waals surface area (Å²) in [5.74, 6) is 1.98. The number of H-pyrrole nitrogens is 1. The van der Waals surface area contributed by atoms with Gasteiger partial charge in [0.15, 0.2) is 0 Å². The molecule has 0 unspecified atom stereocenters. The third kappa shape index (κ3) is 2.05. The van der Waals surface area contributed by atoms with Crippen molar-refractivity contribution in [3.8, 4) is 0 Å². The molecule has 1 fully saturated rings. The van der Waals surface area contributed by atoms with Gasteiger partial charge in [-0.25, -0.2) is 4.98 Å². The highest BCUT2D eigenvalue weighted by Crippen LogP contribution is 2.27. The van der Waals surface area contributed by atoms with E-state index < -0.39 is 0 Å². The lowest BCUT2D eigenvalue weighted by molar-refractivity contribution is 0.623. The van der Waals surface area contributed by atoms with Crippen LogP contribution in [0.3, 0.4) is 0 Å². The van der Waals surface area contributed by atoms with E-state index in [1.807, 2.05) is 6.20 Å². The average Bonchev–Trinajstić information content (AvgIpc) is 2.66. The highest BCUT2D eigenvalue weighted by Gasteiger charge is 2.20. The van der Waals surface area contributed by atoms with Gasteiger partial charge in [-0.05, 0) is 25.3 Å². The van der Waals surface area contributed by atoms with E-state index in [1.54, 1.807) is 6.20 Å². The molecular formula is C8H13N3. The molecule has 1 heterocycles. The van der Waals surface area contributed by atoms with Gasteiger partial charge in [-0.2, -0.15) is 0 Å². The maximum absolute atomic E-state index is 4.12. The lowest BCUT2D eigenvalue weighted by Gasteiger charge is -1.98. The fourth-order valence-electron chi connectivity index (χ4n) is 1.11. The van der Waals surface area contributed by atoms with Crippen molar-refractivity contribution >= 4 is 0 Å². The Morgan fingerprint density at radius 1 is 1.64 bits per heavy atom. The van der Waals surface area contributed by atoms with Crippen LogP contribution in [-0.2, 0) is 6.54 Å². The Balaban J connectivity index is 1.66. The number of nitrogens with zero attached hydrogens (tertiary/aromatic N) is 1. The summed E-state index contributed by atoms with van der Waals surface area (Å²) in [5.41, 5.74) is 0. The van der Waals surface area contributed by atoms with E-state index >= 15 is 0 Å². The van der Waals surface area contributed by atoms with Crippen molar-refractivity contribution in [1.29, 1.82) is 0 Å². The Labute approximate surface area is 66.2 Å². The molecule has 1 saturated carbocycles. The van der Waals surface area contributed by atoms with E-state index in [-0.39, 0.29) is 0 Å². The van der Waals surface area contributed by atoms with Crippen LogP contribution < -0.4 is 5.32 Å². The van der Waals surface area contributed by atoms with Crippen molar-refractivity contribution < 1.29 is 0 Å². The fourth-order valence-corrected chi connectivity index (χ4v) is 1.11. The van der Waals surface area contributed by atoms with Crippen molar-refractivity contribution in [2.24, 2.45) is 5.92 Å². The lowest BCUT2D eigenvalue weighted by atomic mass is 10.4. The summed E-state index contributed by atoms with van der Waals surface area (Å²) in [4.78, 5) is 7.17. The van der Waals surface area contributed by atoms with Gasteiger partial charge in [0.05, 0.1) is 6.54 Å². The van der Waals surface area contributed by atoms with E-state index in [1.165, 1.54) is 12.8 Å². The maximum Gasteiger partial charge on any atom is 0.120 e. The molecule has 0 atom stereocenters. The summed E-state index contributed by atoms with van der Waals surface area (Å²) in [6.45, 7) is 2.03. The molecule has 0 aliphatic heterocycles. The van der Waals surface area contributed by atoms with Crippen LogP contribution in [0.5, 0.6) is 0 Å². The minimum atomic E-state index is 0.878. The zero-order valence-electron chi connectivity index (χ0n) is 6.51. The zero-order valence-corrected chi connectivity index (χ0v) is 6.51. The number of imidazole rings is 1. The molecule has 0 saturated heterocycles. The molecule has 2 N–H and O–H groups in total. The van der Waals surface area contributed by atoms with Crippen molar-refractivity contribution in [1.82, 2.24) is 15.3 Å². The van der Waals surface area contributed by atoms with Gasteiger partial charge in [0.2, 0.25) is 0 Å². The van der Waals surface area contributed by atoms with Crippen molar-refractivity contribution in [2.75, 3.05) is 6.54 Å². The molecule has 1 aromatic heterocycles. The molecule has 0 aromatic carbocycles. The molecule has 0 spiro atoms. The van der Waals surface area contributed by atoms with Gasteiger partial charge >= 0.3 is 0 Å². The van der Waals surface area contributed by atoms with Gasteiger partial charge in [0.1, 0.15) is 5.82 Å². The second-order valence-electron chi connectivity index (χ2n) is 3.11. The number of aromatic amines is 1. The highest BCUT2D eigenvalue weighted by atomic mass is 15.0. The Bertz CT molecular complexity index is 201. The van der Waals surface area contributed by atoms with Crippen molar-refractivity contribution in [3.05, 3.63) is 18.2 Å². The van der Waals surface area contributed by atoms with Crippen LogP contribution in [0.1, 0.15) is 18.7 Å². The second-order valence-corrected chi connectivity index (χ2v) is 3.11. The smallest absolute Gasteiger partial charge is 0.120 e. The van der Waals surface area contributed by atoms with E-state index in [9.17, 15) is 0 Å². The van der Waals surface area contributed by atoms with E-state index in [4.69, 9.17) is 0 Å².